The number of aliphatic hydroxyl groups is 2. The van der Waals surface area contributed by atoms with E-state index in [0.29, 0.717) is 24.7 Å². The van der Waals surface area contributed by atoms with Crippen LogP contribution in [-0.4, -0.2) is 50.2 Å². The molecule has 1 aliphatic rings. The fraction of sp³-hybridized carbons (Fsp3) is 0.727. The van der Waals surface area contributed by atoms with E-state index in [0.717, 1.165) is 17.9 Å². The van der Waals surface area contributed by atoms with Crippen LogP contribution >= 0.6 is 11.6 Å². The first kappa shape index (κ1) is 12.8. The standard InChI is InChI=1S/C11H18ClN3O2/c1-3-15-8(11(12)7(2)13-15)4-14-5-9(16)10(17)6-14/h9-10,16-17H,3-6H2,1-2H3/t9-,10+. The predicted molar refractivity (Wildman–Crippen MR) is 64.9 cm³/mol. The highest BCUT2D eigenvalue weighted by Gasteiger charge is 2.30. The number of aromatic nitrogens is 2. The molecule has 2 N–H and O–H groups in total. The second-order valence-electron chi connectivity index (χ2n) is 4.49. The molecule has 1 aliphatic heterocycles. The molecule has 2 rings (SSSR count). The molecule has 0 aromatic carbocycles. The Morgan fingerprint density at radius 1 is 1.35 bits per heavy atom. The summed E-state index contributed by atoms with van der Waals surface area (Å²) in [6.07, 6.45) is -1.32. The van der Waals surface area contributed by atoms with E-state index >= 15 is 0 Å². The third kappa shape index (κ3) is 2.47. The molecular weight excluding hydrogens is 242 g/mol. The fourth-order valence-corrected chi connectivity index (χ4v) is 2.40. The average Bonchev–Trinajstić information content (AvgIpc) is 2.74. The summed E-state index contributed by atoms with van der Waals surface area (Å²) in [5.41, 5.74) is 1.77. The topological polar surface area (TPSA) is 61.5 Å². The Balaban J connectivity index is 2.13. The lowest BCUT2D eigenvalue weighted by Crippen LogP contribution is -2.23. The van der Waals surface area contributed by atoms with Crippen LogP contribution in [0.5, 0.6) is 0 Å². The molecule has 0 saturated carbocycles. The number of likely N-dealkylation sites (tertiary alicyclic amines) is 1. The molecule has 17 heavy (non-hydrogen) atoms. The van der Waals surface area contributed by atoms with E-state index in [1.807, 2.05) is 23.4 Å². The molecule has 0 spiro atoms. The van der Waals surface area contributed by atoms with Crippen LogP contribution in [0.3, 0.4) is 0 Å². The lowest BCUT2D eigenvalue weighted by atomic mass is 10.3. The van der Waals surface area contributed by atoms with Crippen molar-refractivity contribution in [3.63, 3.8) is 0 Å². The molecule has 1 aromatic rings. The van der Waals surface area contributed by atoms with E-state index in [1.54, 1.807) is 0 Å². The molecule has 0 radical (unpaired) electrons. The summed E-state index contributed by atoms with van der Waals surface area (Å²) in [7, 11) is 0. The number of aryl methyl sites for hydroxylation is 2. The normalized spacial score (nSPS) is 25.7. The Morgan fingerprint density at radius 3 is 2.47 bits per heavy atom. The molecule has 0 aliphatic carbocycles. The summed E-state index contributed by atoms with van der Waals surface area (Å²) in [6, 6.07) is 0. The van der Waals surface area contributed by atoms with Crippen molar-refractivity contribution in [1.29, 1.82) is 0 Å². The first-order valence-electron chi connectivity index (χ1n) is 5.83. The number of rotatable bonds is 3. The van der Waals surface area contributed by atoms with Crippen LogP contribution < -0.4 is 0 Å². The van der Waals surface area contributed by atoms with Crippen LogP contribution in [0.4, 0.5) is 0 Å². The lowest BCUT2D eigenvalue weighted by molar-refractivity contribution is 0.0572. The van der Waals surface area contributed by atoms with Crippen molar-refractivity contribution in [1.82, 2.24) is 14.7 Å². The van der Waals surface area contributed by atoms with Gasteiger partial charge in [0.2, 0.25) is 0 Å². The first-order valence-corrected chi connectivity index (χ1v) is 6.21. The van der Waals surface area contributed by atoms with Crippen LogP contribution in [0.2, 0.25) is 5.02 Å². The molecule has 0 bridgehead atoms. The minimum Gasteiger partial charge on any atom is -0.389 e. The Bertz CT molecular complexity index is 398. The maximum Gasteiger partial charge on any atom is 0.0938 e. The SMILES string of the molecule is CCn1nc(C)c(Cl)c1CN1C[C@@H](O)[C@@H](O)C1. The summed E-state index contributed by atoms with van der Waals surface area (Å²) in [5.74, 6) is 0. The maximum atomic E-state index is 9.50. The van der Waals surface area contributed by atoms with Crippen molar-refractivity contribution in [3.05, 3.63) is 16.4 Å². The Kier molecular flexibility index (Phi) is 3.73. The molecule has 1 fully saturated rings. The highest BCUT2D eigenvalue weighted by Crippen LogP contribution is 2.23. The molecular formula is C11H18ClN3O2. The number of hydrogen-bond acceptors (Lipinski definition) is 4. The second kappa shape index (κ2) is 4.94. The van der Waals surface area contributed by atoms with Crippen LogP contribution in [0.1, 0.15) is 18.3 Å². The summed E-state index contributed by atoms with van der Waals surface area (Å²) in [5, 5.41) is 24.0. The molecule has 2 atom stereocenters. The van der Waals surface area contributed by atoms with Gasteiger partial charge < -0.3 is 10.2 Å². The summed E-state index contributed by atoms with van der Waals surface area (Å²) >= 11 is 6.21. The second-order valence-corrected chi connectivity index (χ2v) is 4.87. The van der Waals surface area contributed by atoms with E-state index in [1.165, 1.54) is 0 Å². The van der Waals surface area contributed by atoms with Crippen molar-refractivity contribution in [3.8, 4) is 0 Å². The molecule has 0 amide bonds. The van der Waals surface area contributed by atoms with E-state index in [-0.39, 0.29) is 0 Å². The molecule has 6 heteroatoms. The van der Waals surface area contributed by atoms with Gasteiger partial charge in [-0.25, -0.2) is 0 Å². The first-order chi connectivity index (χ1) is 8.02. The quantitative estimate of drug-likeness (QED) is 0.825. The minimum atomic E-state index is -0.659. The number of hydrogen-bond donors (Lipinski definition) is 2. The highest BCUT2D eigenvalue weighted by molar-refractivity contribution is 6.31. The van der Waals surface area contributed by atoms with Gasteiger partial charge in [-0.2, -0.15) is 5.10 Å². The largest absolute Gasteiger partial charge is 0.389 e. The van der Waals surface area contributed by atoms with Crippen molar-refractivity contribution < 1.29 is 10.2 Å². The van der Waals surface area contributed by atoms with E-state index in [2.05, 4.69) is 5.10 Å². The van der Waals surface area contributed by atoms with Crippen molar-refractivity contribution in [2.24, 2.45) is 0 Å². The van der Waals surface area contributed by atoms with Gasteiger partial charge in [0.1, 0.15) is 0 Å². The van der Waals surface area contributed by atoms with Gasteiger partial charge in [0.25, 0.3) is 0 Å². The lowest BCUT2D eigenvalue weighted by Gasteiger charge is -2.15. The minimum absolute atomic E-state index is 0.478. The Hall–Kier alpha value is -0.620. The number of halogens is 1. The van der Waals surface area contributed by atoms with Crippen LogP contribution in [-0.2, 0) is 13.1 Å². The number of nitrogens with zero attached hydrogens (tertiary/aromatic N) is 3. The summed E-state index contributed by atoms with van der Waals surface area (Å²) in [6.45, 7) is 6.23. The van der Waals surface area contributed by atoms with E-state index < -0.39 is 12.2 Å². The molecule has 1 saturated heterocycles. The van der Waals surface area contributed by atoms with Gasteiger partial charge >= 0.3 is 0 Å². The molecule has 96 valence electrons. The average molecular weight is 260 g/mol. The maximum absolute atomic E-state index is 9.50. The Labute approximate surface area is 106 Å². The zero-order valence-electron chi connectivity index (χ0n) is 10.1. The van der Waals surface area contributed by atoms with Gasteiger partial charge in [0.15, 0.2) is 0 Å². The summed E-state index contributed by atoms with van der Waals surface area (Å²) in [4.78, 5) is 1.99. The van der Waals surface area contributed by atoms with Crippen LogP contribution in [0, 0.1) is 6.92 Å². The van der Waals surface area contributed by atoms with Gasteiger partial charge in [-0.3, -0.25) is 9.58 Å². The van der Waals surface area contributed by atoms with Crippen molar-refractivity contribution in [2.75, 3.05) is 13.1 Å². The van der Waals surface area contributed by atoms with Crippen LogP contribution in [0.25, 0.3) is 0 Å². The molecule has 1 aromatic heterocycles. The van der Waals surface area contributed by atoms with E-state index in [9.17, 15) is 10.2 Å². The van der Waals surface area contributed by atoms with Crippen molar-refractivity contribution in [2.45, 2.75) is 39.1 Å². The number of aliphatic hydroxyl groups excluding tert-OH is 2. The van der Waals surface area contributed by atoms with E-state index in [4.69, 9.17) is 11.6 Å². The predicted octanol–water partition coefficient (Wildman–Crippen LogP) is 0.402. The summed E-state index contributed by atoms with van der Waals surface area (Å²) < 4.78 is 1.87. The van der Waals surface area contributed by atoms with Crippen molar-refractivity contribution >= 4 is 11.6 Å². The van der Waals surface area contributed by atoms with Gasteiger partial charge in [-0.15, -0.1) is 0 Å². The smallest absolute Gasteiger partial charge is 0.0938 e. The Morgan fingerprint density at radius 2 is 1.94 bits per heavy atom. The fourth-order valence-electron chi connectivity index (χ4n) is 2.21. The molecule has 2 heterocycles. The van der Waals surface area contributed by atoms with Gasteiger partial charge in [0.05, 0.1) is 28.6 Å². The monoisotopic (exact) mass is 259 g/mol. The zero-order valence-corrected chi connectivity index (χ0v) is 10.9. The van der Waals surface area contributed by atoms with Gasteiger partial charge in [-0.1, -0.05) is 11.6 Å². The van der Waals surface area contributed by atoms with Gasteiger partial charge in [-0.05, 0) is 13.8 Å². The molecule has 5 nitrogen and oxygen atoms in total. The number of β-amino-alcohol motifs (C(OH)–C–C–N with tert-alkyl or cyclic N) is 2. The van der Waals surface area contributed by atoms with Crippen LogP contribution in [0.15, 0.2) is 0 Å². The molecule has 0 unspecified atom stereocenters. The third-order valence-electron chi connectivity index (χ3n) is 3.16. The third-order valence-corrected chi connectivity index (χ3v) is 3.65. The zero-order chi connectivity index (χ0) is 12.6. The highest BCUT2D eigenvalue weighted by atomic mass is 35.5. The van der Waals surface area contributed by atoms with Gasteiger partial charge in [0, 0.05) is 26.2 Å².